The topological polar surface area (TPSA) is 86.7 Å². The maximum atomic E-state index is 12.5. The summed E-state index contributed by atoms with van der Waals surface area (Å²) in [6.07, 6.45) is 0. The highest BCUT2D eigenvalue weighted by Gasteiger charge is 2.32. The lowest BCUT2D eigenvalue weighted by Crippen LogP contribution is -2.55. The maximum Gasteiger partial charge on any atom is 0.322 e. The van der Waals surface area contributed by atoms with Crippen molar-refractivity contribution in [3.63, 3.8) is 0 Å². The number of nitrogens with zero attached hydrogens (tertiary/aromatic N) is 1. The summed E-state index contributed by atoms with van der Waals surface area (Å²) in [4.78, 5) is 11.2. The van der Waals surface area contributed by atoms with Crippen molar-refractivity contribution in [2.24, 2.45) is 0 Å². The predicted octanol–water partition coefficient (Wildman–Crippen LogP) is 0.629. The van der Waals surface area contributed by atoms with E-state index in [4.69, 9.17) is 5.11 Å². The fourth-order valence-electron chi connectivity index (χ4n) is 2.04. The van der Waals surface area contributed by atoms with Crippen molar-refractivity contribution < 1.29 is 18.3 Å². The van der Waals surface area contributed by atoms with Crippen LogP contribution in [0.25, 0.3) is 0 Å². The number of benzene rings is 1. The number of hydrogen-bond donors (Lipinski definition) is 2. The average molecular weight is 363 g/mol. The van der Waals surface area contributed by atoms with Crippen LogP contribution in [0.2, 0.25) is 0 Å². The van der Waals surface area contributed by atoms with Gasteiger partial charge in [-0.25, -0.2) is 8.42 Å². The lowest BCUT2D eigenvalue weighted by molar-refractivity contribution is -0.140. The molecule has 0 radical (unpaired) electrons. The minimum Gasteiger partial charge on any atom is -0.480 e. The first-order valence-electron chi connectivity index (χ1n) is 6.06. The van der Waals surface area contributed by atoms with Crippen molar-refractivity contribution in [3.05, 3.63) is 29.8 Å². The first kappa shape index (κ1) is 15.4. The zero-order valence-corrected chi connectivity index (χ0v) is 13.0. The number of carbonyl (C=O) groups is 1. The van der Waals surface area contributed by atoms with Gasteiger partial charge in [0.1, 0.15) is 6.04 Å². The van der Waals surface area contributed by atoms with Gasteiger partial charge in [-0.1, -0.05) is 28.1 Å². The fraction of sp³-hybridized carbons (Fsp3) is 0.417. The molecule has 1 atom stereocenters. The van der Waals surface area contributed by atoms with Crippen molar-refractivity contribution >= 4 is 31.9 Å². The molecule has 0 spiro atoms. The van der Waals surface area contributed by atoms with E-state index in [0.717, 1.165) is 5.56 Å². The monoisotopic (exact) mass is 362 g/mol. The number of aliphatic carboxylic acids is 1. The first-order chi connectivity index (χ1) is 9.45. The van der Waals surface area contributed by atoms with Crippen molar-refractivity contribution in [1.82, 2.24) is 9.62 Å². The second-order valence-electron chi connectivity index (χ2n) is 4.49. The number of carboxylic acids is 1. The number of piperazine rings is 1. The molecule has 2 rings (SSSR count). The minimum absolute atomic E-state index is 0.0593. The summed E-state index contributed by atoms with van der Waals surface area (Å²) in [6.45, 7) is 0.537. The van der Waals surface area contributed by atoms with Gasteiger partial charge in [-0.3, -0.25) is 4.79 Å². The van der Waals surface area contributed by atoms with Crippen LogP contribution in [0.3, 0.4) is 0 Å². The number of nitrogens with one attached hydrogen (secondary N) is 1. The Hall–Kier alpha value is -0.960. The van der Waals surface area contributed by atoms with E-state index in [9.17, 15) is 13.2 Å². The van der Waals surface area contributed by atoms with E-state index in [2.05, 4.69) is 21.2 Å². The van der Waals surface area contributed by atoms with Gasteiger partial charge in [-0.15, -0.1) is 0 Å². The van der Waals surface area contributed by atoms with E-state index in [0.29, 0.717) is 11.9 Å². The summed E-state index contributed by atoms with van der Waals surface area (Å²) < 4.78 is 26.2. The van der Waals surface area contributed by atoms with Gasteiger partial charge in [0.25, 0.3) is 0 Å². The molecule has 1 aromatic carbocycles. The summed E-state index contributed by atoms with van der Waals surface area (Å²) in [5, 5.41) is 12.3. The number of sulfonamides is 1. The second kappa shape index (κ2) is 6.21. The maximum absolute atomic E-state index is 12.5. The third-order valence-electron chi connectivity index (χ3n) is 3.13. The van der Waals surface area contributed by atoms with E-state index >= 15 is 0 Å². The SMILES string of the molecule is O=C(O)[C@H]1CN(S(=O)(=O)c2cccc(CBr)c2)CCN1. The smallest absolute Gasteiger partial charge is 0.322 e. The highest BCUT2D eigenvalue weighted by atomic mass is 79.9. The van der Waals surface area contributed by atoms with Gasteiger partial charge in [-0.05, 0) is 17.7 Å². The third-order valence-corrected chi connectivity index (χ3v) is 5.64. The van der Waals surface area contributed by atoms with E-state index < -0.39 is 22.0 Å². The predicted molar refractivity (Wildman–Crippen MR) is 77.3 cm³/mol. The van der Waals surface area contributed by atoms with Gasteiger partial charge in [0.05, 0.1) is 4.90 Å². The molecule has 110 valence electrons. The molecule has 0 saturated carbocycles. The Balaban J connectivity index is 2.27. The molecule has 0 bridgehead atoms. The number of halogens is 1. The van der Waals surface area contributed by atoms with Crippen molar-refractivity contribution in [2.45, 2.75) is 16.3 Å². The molecule has 1 saturated heterocycles. The van der Waals surface area contributed by atoms with E-state index in [1.807, 2.05) is 6.07 Å². The average Bonchev–Trinajstić information content (AvgIpc) is 2.47. The molecule has 0 aromatic heterocycles. The van der Waals surface area contributed by atoms with Gasteiger partial charge in [0.2, 0.25) is 10.0 Å². The quantitative estimate of drug-likeness (QED) is 0.767. The number of hydrogen-bond acceptors (Lipinski definition) is 4. The molecule has 6 nitrogen and oxygen atoms in total. The van der Waals surface area contributed by atoms with Gasteiger partial charge in [0.15, 0.2) is 0 Å². The molecular formula is C12H15BrN2O4S. The summed E-state index contributed by atoms with van der Waals surface area (Å²) in [5.74, 6) is -1.04. The first-order valence-corrected chi connectivity index (χ1v) is 8.62. The summed E-state index contributed by atoms with van der Waals surface area (Å²) >= 11 is 3.29. The van der Waals surface area contributed by atoms with Crippen molar-refractivity contribution in [3.8, 4) is 0 Å². The second-order valence-corrected chi connectivity index (χ2v) is 6.99. The zero-order valence-electron chi connectivity index (χ0n) is 10.6. The molecule has 1 fully saturated rings. The Bertz CT molecular complexity index is 605. The Morgan fingerprint density at radius 1 is 1.50 bits per heavy atom. The Morgan fingerprint density at radius 3 is 2.90 bits per heavy atom. The van der Waals surface area contributed by atoms with Crippen LogP contribution in [0.15, 0.2) is 29.2 Å². The van der Waals surface area contributed by atoms with Crippen LogP contribution in [-0.4, -0.2) is 49.5 Å². The molecule has 1 heterocycles. The van der Waals surface area contributed by atoms with E-state index in [1.165, 1.54) is 10.4 Å². The Kier molecular flexibility index (Phi) is 4.79. The molecule has 0 amide bonds. The fourth-order valence-corrected chi connectivity index (χ4v) is 3.92. The van der Waals surface area contributed by atoms with Crippen molar-refractivity contribution in [1.29, 1.82) is 0 Å². The normalized spacial score (nSPS) is 20.8. The Morgan fingerprint density at radius 2 is 2.25 bits per heavy atom. The Labute approximate surface area is 126 Å². The highest BCUT2D eigenvalue weighted by Crippen LogP contribution is 2.19. The van der Waals surface area contributed by atoms with E-state index in [-0.39, 0.29) is 18.0 Å². The van der Waals surface area contributed by atoms with Crippen LogP contribution >= 0.6 is 15.9 Å². The molecular weight excluding hydrogens is 348 g/mol. The van der Waals surface area contributed by atoms with Crippen LogP contribution in [0.4, 0.5) is 0 Å². The van der Waals surface area contributed by atoms with Gasteiger partial charge >= 0.3 is 5.97 Å². The summed E-state index contributed by atoms with van der Waals surface area (Å²) in [7, 11) is -3.65. The van der Waals surface area contributed by atoms with Crippen LogP contribution in [0, 0.1) is 0 Å². The van der Waals surface area contributed by atoms with Gasteiger partial charge in [-0.2, -0.15) is 4.31 Å². The van der Waals surface area contributed by atoms with Crippen LogP contribution in [0.1, 0.15) is 5.56 Å². The summed E-state index contributed by atoms with van der Waals surface area (Å²) in [5.41, 5.74) is 0.857. The molecule has 2 N–H and O–H groups in total. The standard InChI is InChI=1S/C12H15BrN2O4S/c13-7-9-2-1-3-10(6-9)20(18,19)15-5-4-14-11(8-15)12(16)17/h1-3,6,11,14H,4-5,7-8H2,(H,16,17)/t11-/m1/s1. The molecule has 1 aromatic rings. The van der Waals surface area contributed by atoms with Gasteiger partial charge < -0.3 is 10.4 Å². The highest BCUT2D eigenvalue weighted by molar-refractivity contribution is 9.08. The third kappa shape index (κ3) is 3.20. The van der Waals surface area contributed by atoms with Crippen LogP contribution in [0.5, 0.6) is 0 Å². The lowest BCUT2D eigenvalue weighted by Gasteiger charge is -2.30. The molecule has 0 unspecified atom stereocenters. The molecule has 20 heavy (non-hydrogen) atoms. The van der Waals surface area contributed by atoms with Crippen LogP contribution < -0.4 is 5.32 Å². The van der Waals surface area contributed by atoms with E-state index in [1.54, 1.807) is 12.1 Å². The molecule has 1 aliphatic heterocycles. The van der Waals surface area contributed by atoms with Crippen molar-refractivity contribution in [2.75, 3.05) is 19.6 Å². The number of rotatable bonds is 4. The van der Waals surface area contributed by atoms with Gasteiger partial charge in [0, 0.05) is 25.0 Å². The lowest BCUT2D eigenvalue weighted by atomic mass is 10.2. The minimum atomic E-state index is -3.65. The molecule has 8 heteroatoms. The van der Waals surface area contributed by atoms with Crippen LogP contribution in [-0.2, 0) is 20.1 Å². The molecule has 1 aliphatic rings. The zero-order chi connectivity index (χ0) is 14.8. The summed E-state index contributed by atoms with van der Waals surface area (Å²) in [6, 6.07) is 5.77. The molecule has 0 aliphatic carbocycles. The number of carboxylic acid groups (broad SMARTS) is 1. The number of alkyl halides is 1. The largest absolute Gasteiger partial charge is 0.480 e.